The van der Waals surface area contributed by atoms with Gasteiger partial charge in [-0.2, -0.15) is 0 Å². The molecule has 1 aliphatic heterocycles. The van der Waals surface area contributed by atoms with Gasteiger partial charge in [-0.25, -0.2) is 4.98 Å². The lowest BCUT2D eigenvalue weighted by molar-refractivity contribution is -0.155. The number of aryl methyl sites for hydroxylation is 2. The lowest BCUT2D eigenvalue weighted by Gasteiger charge is -2.38. The maximum atomic E-state index is 12.5. The van der Waals surface area contributed by atoms with Crippen LogP contribution in [0.2, 0.25) is 0 Å². The molecule has 138 valence electrons. The second-order valence-electron chi connectivity index (χ2n) is 6.85. The summed E-state index contributed by atoms with van der Waals surface area (Å²) in [6.45, 7) is 8.67. The number of nitrogens with zero attached hydrogens (tertiary/aromatic N) is 3. The summed E-state index contributed by atoms with van der Waals surface area (Å²) in [4.78, 5) is 32.9. The molecule has 6 heteroatoms. The summed E-state index contributed by atoms with van der Waals surface area (Å²) >= 11 is 0. The number of carbonyl (C=O) groups excluding carboxylic acids is 2. The van der Waals surface area contributed by atoms with Crippen molar-refractivity contribution >= 4 is 11.8 Å². The normalized spacial score (nSPS) is 17.9. The maximum absolute atomic E-state index is 12.5. The molecule has 1 aliphatic rings. The molecular formula is C20H25N3O3. The minimum Gasteiger partial charge on any atom is -0.441 e. The summed E-state index contributed by atoms with van der Waals surface area (Å²) in [7, 11) is 0. The molecule has 6 nitrogen and oxygen atoms in total. The van der Waals surface area contributed by atoms with Crippen LogP contribution in [0.25, 0.3) is 11.5 Å². The van der Waals surface area contributed by atoms with Crippen LogP contribution >= 0.6 is 0 Å². The van der Waals surface area contributed by atoms with E-state index < -0.39 is 6.04 Å². The van der Waals surface area contributed by atoms with E-state index in [4.69, 9.17) is 4.42 Å². The molecule has 1 aromatic heterocycles. The Balaban J connectivity index is 1.81. The number of aromatic nitrogens is 1. The van der Waals surface area contributed by atoms with E-state index in [1.165, 1.54) is 0 Å². The summed E-state index contributed by atoms with van der Waals surface area (Å²) < 4.78 is 5.81. The van der Waals surface area contributed by atoms with Gasteiger partial charge < -0.3 is 14.2 Å². The smallest absolute Gasteiger partial charge is 0.245 e. The average molecular weight is 355 g/mol. The lowest BCUT2D eigenvalue weighted by atomic mass is 10.1. The van der Waals surface area contributed by atoms with Gasteiger partial charge in [-0.15, -0.1) is 0 Å². The molecule has 0 radical (unpaired) electrons. The Bertz CT molecular complexity index is 827. The van der Waals surface area contributed by atoms with Gasteiger partial charge in [0.15, 0.2) is 0 Å². The highest BCUT2D eigenvalue weighted by Gasteiger charge is 2.36. The van der Waals surface area contributed by atoms with E-state index in [1.54, 1.807) is 16.7 Å². The fraction of sp³-hybridized carbons (Fsp3) is 0.450. The summed E-state index contributed by atoms with van der Waals surface area (Å²) in [6, 6.07) is 7.45. The molecule has 1 atom stereocenters. The third-order valence-corrected chi connectivity index (χ3v) is 4.75. The molecule has 26 heavy (non-hydrogen) atoms. The number of amides is 2. The van der Waals surface area contributed by atoms with E-state index in [0.29, 0.717) is 23.9 Å². The van der Waals surface area contributed by atoms with Crippen LogP contribution in [0.1, 0.15) is 37.3 Å². The predicted molar refractivity (Wildman–Crippen MR) is 98.3 cm³/mol. The SMILES string of the molecule is CCCN1CC(=O)N(Cc2nc(-c3cccc(C)c3)oc2C)[C@H](C)C1=O. The minimum absolute atomic E-state index is 0.00787. The van der Waals surface area contributed by atoms with Crippen molar-refractivity contribution in [1.29, 1.82) is 0 Å². The highest BCUT2D eigenvalue weighted by molar-refractivity contribution is 5.94. The second-order valence-corrected chi connectivity index (χ2v) is 6.85. The van der Waals surface area contributed by atoms with Crippen molar-refractivity contribution in [2.45, 2.75) is 46.7 Å². The number of oxazole rings is 1. The summed E-state index contributed by atoms with van der Waals surface area (Å²) in [5, 5.41) is 0. The Labute approximate surface area is 153 Å². The molecule has 0 N–H and O–H groups in total. The first-order chi connectivity index (χ1) is 12.4. The third kappa shape index (κ3) is 3.49. The number of benzene rings is 1. The number of carbonyl (C=O) groups is 2. The van der Waals surface area contributed by atoms with Crippen LogP contribution in [0.4, 0.5) is 0 Å². The molecule has 2 amide bonds. The number of rotatable bonds is 5. The Hall–Kier alpha value is -2.63. The van der Waals surface area contributed by atoms with Gasteiger partial charge in [-0.3, -0.25) is 9.59 Å². The zero-order valence-corrected chi connectivity index (χ0v) is 15.8. The molecule has 2 heterocycles. The van der Waals surface area contributed by atoms with Crippen molar-refractivity contribution in [3.8, 4) is 11.5 Å². The molecule has 0 spiro atoms. The first-order valence-electron chi connectivity index (χ1n) is 9.02. The van der Waals surface area contributed by atoms with Gasteiger partial charge in [0.1, 0.15) is 17.5 Å². The van der Waals surface area contributed by atoms with Gasteiger partial charge in [-0.1, -0.05) is 24.6 Å². The van der Waals surface area contributed by atoms with Crippen molar-refractivity contribution in [3.05, 3.63) is 41.3 Å². The zero-order chi connectivity index (χ0) is 18.8. The topological polar surface area (TPSA) is 66.7 Å². The van der Waals surface area contributed by atoms with Crippen molar-refractivity contribution in [1.82, 2.24) is 14.8 Å². The summed E-state index contributed by atoms with van der Waals surface area (Å²) in [5.41, 5.74) is 2.72. The van der Waals surface area contributed by atoms with Gasteiger partial charge in [-0.05, 0) is 39.3 Å². The molecule has 1 aromatic carbocycles. The van der Waals surface area contributed by atoms with Gasteiger partial charge in [0.05, 0.1) is 13.1 Å². The van der Waals surface area contributed by atoms with Crippen LogP contribution in [0, 0.1) is 13.8 Å². The average Bonchev–Trinajstić information content (AvgIpc) is 2.97. The fourth-order valence-corrected chi connectivity index (χ4v) is 3.27. The van der Waals surface area contributed by atoms with Crippen molar-refractivity contribution < 1.29 is 14.0 Å². The van der Waals surface area contributed by atoms with Crippen LogP contribution in [0.15, 0.2) is 28.7 Å². The molecule has 1 saturated heterocycles. The predicted octanol–water partition coefficient (Wildman–Crippen LogP) is 2.93. The van der Waals surface area contributed by atoms with E-state index in [9.17, 15) is 9.59 Å². The van der Waals surface area contributed by atoms with Gasteiger partial charge >= 0.3 is 0 Å². The maximum Gasteiger partial charge on any atom is 0.245 e. The largest absolute Gasteiger partial charge is 0.441 e. The van der Waals surface area contributed by atoms with Gasteiger partial charge in [0.2, 0.25) is 17.7 Å². The molecule has 3 rings (SSSR count). The Morgan fingerprint density at radius 2 is 2.04 bits per heavy atom. The highest BCUT2D eigenvalue weighted by atomic mass is 16.4. The quantitative estimate of drug-likeness (QED) is 0.827. The number of hydrogen-bond donors (Lipinski definition) is 0. The van der Waals surface area contributed by atoms with Crippen LogP contribution in [-0.4, -0.2) is 45.7 Å². The summed E-state index contributed by atoms with van der Waals surface area (Å²) in [5.74, 6) is 1.15. The van der Waals surface area contributed by atoms with Gasteiger partial charge in [0, 0.05) is 12.1 Å². The van der Waals surface area contributed by atoms with Crippen LogP contribution in [-0.2, 0) is 16.1 Å². The fourth-order valence-electron chi connectivity index (χ4n) is 3.27. The van der Waals surface area contributed by atoms with E-state index in [1.807, 2.05) is 45.0 Å². The van der Waals surface area contributed by atoms with Crippen molar-refractivity contribution in [2.75, 3.05) is 13.1 Å². The third-order valence-electron chi connectivity index (χ3n) is 4.75. The zero-order valence-electron chi connectivity index (χ0n) is 15.8. The molecule has 1 fully saturated rings. The van der Waals surface area contributed by atoms with E-state index in [-0.39, 0.29) is 24.9 Å². The van der Waals surface area contributed by atoms with Crippen LogP contribution < -0.4 is 0 Å². The van der Waals surface area contributed by atoms with Crippen molar-refractivity contribution in [3.63, 3.8) is 0 Å². The van der Waals surface area contributed by atoms with Crippen molar-refractivity contribution in [2.24, 2.45) is 0 Å². The lowest BCUT2D eigenvalue weighted by Crippen LogP contribution is -2.58. The van der Waals surface area contributed by atoms with Gasteiger partial charge in [0.25, 0.3) is 0 Å². The minimum atomic E-state index is -0.485. The highest BCUT2D eigenvalue weighted by Crippen LogP contribution is 2.25. The van der Waals surface area contributed by atoms with Crippen LogP contribution in [0.3, 0.4) is 0 Å². The monoisotopic (exact) mass is 355 g/mol. The molecule has 2 aromatic rings. The molecular weight excluding hydrogens is 330 g/mol. The summed E-state index contributed by atoms with van der Waals surface area (Å²) in [6.07, 6.45) is 0.841. The van der Waals surface area contributed by atoms with E-state index in [0.717, 1.165) is 17.5 Å². The second kappa shape index (κ2) is 7.32. The Kier molecular flexibility index (Phi) is 5.11. The Morgan fingerprint density at radius 1 is 1.27 bits per heavy atom. The standard InChI is InChI=1S/C20H25N3O3/c1-5-9-22-12-18(24)23(14(3)20(22)25)11-17-15(4)26-19(21-17)16-8-6-7-13(2)10-16/h6-8,10,14H,5,9,11-12H2,1-4H3/t14-/m1/s1. The molecule has 0 bridgehead atoms. The molecule has 0 unspecified atom stereocenters. The molecule has 0 aliphatic carbocycles. The van der Waals surface area contributed by atoms with E-state index in [2.05, 4.69) is 4.98 Å². The molecule has 0 saturated carbocycles. The van der Waals surface area contributed by atoms with Crippen LogP contribution in [0.5, 0.6) is 0 Å². The first-order valence-corrected chi connectivity index (χ1v) is 9.02. The first kappa shape index (κ1) is 18.2. The van der Waals surface area contributed by atoms with E-state index >= 15 is 0 Å². The Morgan fingerprint density at radius 3 is 2.73 bits per heavy atom. The number of hydrogen-bond acceptors (Lipinski definition) is 4. The number of piperazine rings is 1.